The molecule has 124 valence electrons. The van der Waals surface area contributed by atoms with Crippen molar-refractivity contribution in [1.82, 2.24) is 14.4 Å². The van der Waals surface area contributed by atoms with E-state index in [2.05, 4.69) is 10.1 Å². The normalized spacial score (nSPS) is 13.1. The van der Waals surface area contributed by atoms with E-state index in [0.29, 0.717) is 11.7 Å². The molecule has 0 saturated carbocycles. The number of aromatic nitrogens is 2. The second kappa shape index (κ2) is 6.54. The molecule has 0 aliphatic rings. The zero-order chi connectivity index (χ0) is 17.2. The van der Waals surface area contributed by atoms with Crippen molar-refractivity contribution >= 4 is 10.0 Å². The van der Waals surface area contributed by atoms with E-state index in [-0.39, 0.29) is 4.90 Å². The van der Waals surface area contributed by atoms with Crippen LogP contribution >= 0.6 is 0 Å². The van der Waals surface area contributed by atoms with Gasteiger partial charge in [-0.15, -0.1) is 0 Å². The van der Waals surface area contributed by atoms with Gasteiger partial charge < -0.3 is 4.52 Å². The van der Waals surface area contributed by atoms with E-state index in [9.17, 15) is 8.42 Å². The van der Waals surface area contributed by atoms with Gasteiger partial charge in [0.1, 0.15) is 0 Å². The fourth-order valence-corrected chi connectivity index (χ4v) is 3.58. The first-order chi connectivity index (χ1) is 11.5. The summed E-state index contributed by atoms with van der Waals surface area (Å²) < 4.78 is 31.8. The molecule has 0 N–H and O–H groups in total. The van der Waals surface area contributed by atoms with Crippen LogP contribution in [0.5, 0.6) is 0 Å². The van der Waals surface area contributed by atoms with Crippen molar-refractivity contribution in [2.75, 3.05) is 7.05 Å². The van der Waals surface area contributed by atoms with Crippen LogP contribution in [-0.4, -0.2) is 29.9 Å². The number of sulfonamides is 1. The maximum atomic E-state index is 12.7. The van der Waals surface area contributed by atoms with E-state index in [1.165, 1.54) is 11.4 Å². The molecule has 3 aromatic rings. The minimum Gasteiger partial charge on any atom is -0.334 e. The SMILES string of the molecule is C[C@@H](c1noc(-c2ccccc2)n1)N(C)S(=O)(=O)c1ccccc1. The Bertz CT molecular complexity index is 909. The van der Waals surface area contributed by atoms with Gasteiger partial charge in [-0.1, -0.05) is 41.6 Å². The van der Waals surface area contributed by atoms with Crippen LogP contribution < -0.4 is 0 Å². The zero-order valence-electron chi connectivity index (χ0n) is 13.3. The summed E-state index contributed by atoms with van der Waals surface area (Å²) in [5.74, 6) is 0.679. The van der Waals surface area contributed by atoms with Gasteiger partial charge in [0, 0.05) is 12.6 Å². The van der Waals surface area contributed by atoms with Crippen LogP contribution in [0, 0.1) is 0 Å². The van der Waals surface area contributed by atoms with E-state index in [1.807, 2.05) is 30.3 Å². The molecule has 0 bridgehead atoms. The molecule has 3 rings (SSSR count). The van der Waals surface area contributed by atoms with Crippen molar-refractivity contribution in [2.45, 2.75) is 17.9 Å². The fourth-order valence-electron chi connectivity index (χ4n) is 2.23. The van der Waals surface area contributed by atoms with Gasteiger partial charge in [-0.3, -0.25) is 0 Å². The number of hydrogen-bond donors (Lipinski definition) is 0. The predicted molar refractivity (Wildman–Crippen MR) is 89.5 cm³/mol. The van der Waals surface area contributed by atoms with Crippen molar-refractivity contribution in [3.63, 3.8) is 0 Å². The number of rotatable bonds is 5. The Morgan fingerprint density at radius 1 is 1.00 bits per heavy atom. The Kier molecular flexibility index (Phi) is 4.46. The summed E-state index contributed by atoms with van der Waals surface area (Å²) in [7, 11) is -2.12. The molecule has 0 radical (unpaired) electrons. The summed E-state index contributed by atoms with van der Waals surface area (Å²) >= 11 is 0. The molecule has 0 aliphatic heterocycles. The zero-order valence-corrected chi connectivity index (χ0v) is 14.1. The quantitative estimate of drug-likeness (QED) is 0.711. The average molecular weight is 343 g/mol. The number of nitrogens with zero attached hydrogens (tertiary/aromatic N) is 3. The van der Waals surface area contributed by atoms with E-state index in [1.54, 1.807) is 37.3 Å². The minimum absolute atomic E-state index is 0.228. The van der Waals surface area contributed by atoms with Gasteiger partial charge >= 0.3 is 0 Å². The molecular formula is C17H17N3O3S. The number of hydrogen-bond acceptors (Lipinski definition) is 5. The molecule has 1 atom stereocenters. The highest BCUT2D eigenvalue weighted by Gasteiger charge is 2.29. The Hall–Kier alpha value is -2.51. The molecule has 6 nitrogen and oxygen atoms in total. The highest BCUT2D eigenvalue weighted by molar-refractivity contribution is 7.89. The molecule has 0 fully saturated rings. The lowest BCUT2D eigenvalue weighted by Crippen LogP contribution is -2.30. The first kappa shape index (κ1) is 16.4. The third-order valence-corrected chi connectivity index (χ3v) is 5.74. The lowest BCUT2D eigenvalue weighted by molar-refractivity contribution is 0.359. The van der Waals surface area contributed by atoms with Gasteiger partial charge in [0.05, 0.1) is 10.9 Å². The molecular weight excluding hydrogens is 326 g/mol. The van der Waals surface area contributed by atoms with E-state index < -0.39 is 16.1 Å². The summed E-state index contributed by atoms with van der Waals surface area (Å²) in [5.41, 5.74) is 0.789. The molecule has 0 unspecified atom stereocenters. The largest absolute Gasteiger partial charge is 0.334 e. The molecule has 0 amide bonds. The smallest absolute Gasteiger partial charge is 0.257 e. The van der Waals surface area contributed by atoms with Crippen LogP contribution in [-0.2, 0) is 10.0 Å². The lowest BCUT2D eigenvalue weighted by Gasteiger charge is -2.21. The van der Waals surface area contributed by atoms with Crippen LogP contribution in [0.3, 0.4) is 0 Å². The van der Waals surface area contributed by atoms with Gasteiger partial charge in [-0.05, 0) is 31.2 Å². The third-order valence-electron chi connectivity index (χ3n) is 3.80. The van der Waals surface area contributed by atoms with E-state index >= 15 is 0 Å². The minimum atomic E-state index is -3.63. The molecule has 1 heterocycles. The monoisotopic (exact) mass is 343 g/mol. The van der Waals surface area contributed by atoms with Gasteiger partial charge in [-0.25, -0.2) is 8.42 Å². The Morgan fingerprint density at radius 3 is 2.21 bits per heavy atom. The second-order valence-corrected chi connectivity index (χ2v) is 7.33. The number of benzene rings is 2. The average Bonchev–Trinajstić information content (AvgIpc) is 3.12. The predicted octanol–water partition coefficient (Wildman–Crippen LogP) is 3.12. The molecule has 2 aromatic carbocycles. The molecule has 1 aromatic heterocycles. The first-order valence-electron chi connectivity index (χ1n) is 7.42. The van der Waals surface area contributed by atoms with Crippen molar-refractivity contribution in [3.05, 3.63) is 66.5 Å². The van der Waals surface area contributed by atoms with Crippen molar-refractivity contribution in [2.24, 2.45) is 0 Å². The Balaban J connectivity index is 1.87. The Morgan fingerprint density at radius 2 is 1.58 bits per heavy atom. The third kappa shape index (κ3) is 3.08. The van der Waals surface area contributed by atoms with E-state index in [0.717, 1.165) is 5.56 Å². The summed E-state index contributed by atoms with van der Waals surface area (Å²) in [5, 5.41) is 3.93. The lowest BCUT2D eigenvalue weighted by atomic mass is 10.2. The Labute approximate surface area is 140 Å². The van der Waals surface area contributed by atoms with Gasteiger partial charge in [-0.2, -0.15) is 9.29 Å². The standard InChI is InChI=1S/C17H17N3O3S/c1-13(20(2)24(21,22)15-11-7-4-8-12-15)16-18-17(23-19-16)14-9-5-3-6-10-14/h3-13H,1-2H3/t13-/m0/s1. The van der Waals surface area contributed by atoms with Gasteiger partial charge in [0.2, 0.25) is 10.0 Å². The summed E-state index contributed by atoms with van der Waals surface area (Å²) in [4.78, 5) is 4.55. The van der Waals surface area contributed by atoms with E-state index in [4.69, 9.17) is 4.52 Å². The van der Waals surface area contributed by atoms with Gasteiger partial charge in [0.15, 0.2) is 5.82 Å². The summed E-state index contributed by atoms with van der Waals surface area (Å²) in [6, 6.07) is 17.0. The fraction of sp³-hybridized carbons (Fsp3) is 0.176. The summed E-state index contributed by atoms with van der Waals surface area (Å²) in [6.07, 6.45) is 0. The summed E-state index contributed by atoms with van der Waals surface area (Å²) in [6.45, 7) is 1.72. The molecule has 7 heteroatoms. The van der Waals surface area contributed by atoms with Crippen molar-refractivity contribution in [1.29, 1.82) is 0 Å². The maximum Gasteiger partial charge on any atom is 0.257 e. The van der Waals surface area contributed by atoms with Crippen molar-refractivity contribution in [3.8, 4) is 11.5 Å². The topological polar surface area (TPSA) is 76.3 Å². The molecule has 0 saturated heterocycles. The highest BCUT2D eigenvalue weighted by atomic mass is 32.2. The van der Waals surface area contributed by atoms with Crippen LogP contribution in [0.2, 0.25) is 0 Å². The van der Waals surface area contributed by atoms with Crippen molar-refractivity contribution < 1.29 is 12.9 Å². The maximum absolute atomic E-state index is 12.7. The second-order valence-electron chi connectivity index (χ2n) is 5.33. The van der Waals surface area contributed by atoms with Gasteiger partial charge in [0.25, 0.3) is 5.89 Å². The van der Waals surface area contributed by atoms with Crippen LogP contribution in [0.25, 0.3) is 11.5 Å². The highest BCUT2D eigenvalue weighted by Crippen LogP contribution is 2.25. The molecule has 0 aliphatic carbocycles. The molecule has 24 heavy (non-hydrogen) atoms. The molecule has 0 spiro atoms. The van der Waals surface area contributed by atoms with Crippen LogP contribution in [0.4, 0.5) is 0 Å². The first-order valence-corrected chi connectivity index (χ1v) is 8.86. The van der Waals surface area contributed by atoms with Crippen LogP contribution in [0.1, 0.15) is 18.8 Å². The van der Waals surface area contributed by atoms with Crippen LogP contribution in [0.15, 0.2) is 70.1 Å².